The van der Waals surface area contributed by atoms with Gasteiger partial charge in [-0.1, -0.05) is 30.4 Å². The minimum Gasteiger partial charge on any atom is -0.489 e. The molecule has 3 nitrogen and oxygen atoms in total. The summed E-state index contributed by atoms with van der Waals surface area (Å²) < 4.78 is 11.0. The average molecular weight is 263 g/mol. The van der Waals surface area contributed by atoms with E-state index in [0.717, 1.165) is 37.4 Å². The molecule has 1 unspecified atom stereocenters. The highest BCUT2D eigenvalue weighted by atomic mass is 16.5. The van der Waals surface area contributed by atoms with Crippen LogP contribution in [0.5, 0.6) is 5.75 Å². The van der Waals surface area contributed by atoms with Gasteiger partial charge in [-0.05, 0) is 32.9 Å². The number of ether oxygens (including phenoxy) is 2. The standard InChI is InChI=1S/C16H25NO2/c1-4-8-15-9-5-6-10-16(15)19-14(2)13-17-11-7-12-18-3/h4-6,8-10,14,17H,7,11-13H2,1-3H3. The number of hydrogen-bond acceptors (Lipinski definition) is 3. The number of rotatable bonds is 9. The third-order valence-corrected chi connectivity index (χ3v) is 2.73. The minimum atomic E-state index is 0.147. The molecular weight excluding hydrogens is 238 g/mol. The summed E-state index contributed by atoms with van der Waals surface area (Å²) in [6, 6.07) is 8.10. The highest BCUT2D eigenvalue weighted by Crippen LogP contribution is 2.20. The van der Waals surface area contributed by atoms with E-state index in [2.05, 4.69) is 24.4 Å². The smallest absolute Gasteiger partial charge is 0.126 e. The first-order valence-electron chi connectivity index (χ1n) is 6.86. The van der Waals surface area contributed by atoms with E-state index in [9.17, 15) is 0 Å². The van der Waals surface area contributed by atoms with Crippen molar-refractivity contribution in [2.75, 3.05) is 26.8 Å². The van der Waals surface area contributed by atoms with E-state index in [1.54, 1.807) is 7.11 Å². The predicted molar refractivity (Wildman–Crippen MR) is 80.6 cm³/mol. The Bertz CT molecular complexity index is 377. The van der Waals surface area contributed by atoms with Gasteiger partial charge in [-0.15, -0.1) is 0 Å². The molecule has 0 fully saturated rings. The quantitative estimate of drug-likeness (QED) is 0.694. The molecule has 1 rings (SSSR count). The van der Waals surface area contributed by atoms with Gasteiger partial charge in [0.25, 0.3) is 0 Å². The summed E-state index contributed by atoms with van der Waals surface area (Å²) in [7, 11) is 1.73. The summed E-state index contributed by atoms with van der Waals surface area (Å²) in [5.41, 5.74) is 1.12. The van der Waals surface area contributed by atoms with Crippen molar-refractivity contribution in [2.45, 2.75) is 26.4 Å². The first-order chi connectivity index (χ1) is 9.27. The molecule has 106 valence electrons. The van der Waals surface area contributed by atoms with E-state index in [4.69, 9.17) is 9.47 Å². The van der Waals surface area contributed by atoms with Gasteiger partial charge in [-0.25, -0.2) is 0 Å². The van der Waals surface area contributed by atoms with Crippen LogP contribution in [0.25, 0.3) is 6.08 Å². The molecule has 0 aliphatic carbocycles. The van der Waals surface area contributed by atoms with E-state index >= 15 is 0 Å². The fourth-order valence-electron chi connectivity index (χ4n) is 1.81. The fourth-order valence-corrected chi connectivity index (χ4v) is 1.81. The minimum absolute atomic E-state index is 0.147. The summed E-state index contributed by atoms with van der Waals surface area (Å²) in [5.74, 6) is 0.937. The molecule has 0 bridgehead atoms. The molecule has 1 aromatic rings. The summed E-state index contributed by atoms with van der Waals surface area (Å²) in [5, 5.41) is 3.37. The Kier molecular flexibility index (Phi) is 7.94. The average Bonchev–Trinajstić information content (AvgIpc) is 2.41. The van der Waals surface area contributed by atoms with Gasteiger partial charge in [0.05, 0.1) is 0 Å². The largest absolute Gasteiger partial charge is 0.489 e. The van der Waals surface area contributed by atoms with Crippen LogP contribution in [0.4, 0.5) is 0 Å². The molecule has 3 heteroatoms. The van der Waals surface area contributed by atoms with Gasteiger partial charge < -0.3 is 14.8 Å². The maximum absolute atomic E-state index is 5.96. The SMILES string of the molecule is CC=Cc1ccccc1OC(C)CNCCCOC. The van der Waals surface area contributed by atoms with Crippen molar-refractivity contribution in [1.29, 1.82) is 0 Å². The van der Waals surface area contributed by atoms with E-state index in [1.165, 1.54) is 0 Å². The molecule has 0 aliphatic rings. The highest BCUT2D eigenvalue weighted by molar-refractivity contribution is 5.56. The van der Waals surface area contributed by atoms with Crippen molar-refractivity contribution in [3.8, 4) is 5.75 Å². The van der Waals surface area contributed by atoms with Crippen molar-refractivity contribution in [1.82, 2.24) is 5.32 Å². The maximum atomic E-state index is 5.96. The Balaban J connectivity index is 2.37. The van der Waals surface area contributed by atoms with Gasteiger partial charge in [0.1, 0.15) is 11.9 Å². The van der Waals surface area contributed by atoms with Crippen LogP contribution in [0.2, 0.25) is 0 Å². The molecule has 0 saturated heterocycles. The summed E-state index contributed by atoms with van der Waals surface area (Å²) in [6.45, 7) is 6.69. The van der Waals surface area contributed by atoms with Crippen LogP contribution < -0.4 is 10.1 Å². The number of methoxy groups -OCH3 is 1. The second-order valence-corrected chi connectivity index (χ2v) is 4.52. The van der Waals surface area contributed by atoms with Crippen LogP contribution in [0.3, 0.4) is 0 Å². The van der Waals surface area contributed by atoms with Crippen LogP contribution in [-0.2, 0) is 4.74 Å². The lowest BCUT2D eigenvalue weighted by molar-refractivity contribution is 0.188. The molecule has 0 saturated carbocycles. The molecule has 0 radical (unpaired) electrons. The normalized spacial score (nSPS) is 12.8. The topological polar surface area (TPSA) is 30.5 Å². The zero-order valence-corrected chi connectivity index (χ0v) is 12.2. The van der Waals surface area contributed by atoms with Gasteiger partial charge in [0.15, 0.2) is 0 Å². The fraction of sp³-hybridized carbons (Fsp3) is 0.500. The molecule has 1 atom stereocenters. The molecule has 0 spiro atoms. The number of allylic oxidation sites excluding steroid dienone is 1. The van der Waals surface area contributed by atoms with Crippen molar-refractivity contribution >= 4 is 6.08 Å². The van der Waals surface area contributed by atoms with Crippen LogP contribution in [-0.4, -0.2) is 32.9 Å². The molecule has 0 amide bonds. The van der Waals surface area contributed by atoms with Crippen LogP contribution in [0.15, 0.2) is 30.3 Å². The van der Waals surface area contributed by atoms with Crippen LogP contribution in [0.1, 0.15) is 25.8 Å². The van der Waals surface area contributed by atoms with Crippen molar-refractivity contribution in [3.05, 3.63) is 35.9 Å². The Morgan fingerprint density at radius 3 is 2.84 bits per heavy atom. The molecule has 1 N–H and O–H groups in total. The summed E-state index contributed by atoms with van der Waals surface area (Å²) in [4.78, 5) is 0. The maximum Gasteiger partial charge on any atom is 0.126 e. The summed E-state index contributed by atoms with van der Waals surface area (Å²) >= 11 is 0. The van der Waals surface area contributed by atoms with Crippen molar-refractivity contribution < 1.29 is 9.47 Å². The van der Waals surface area contributed by atoms with Crippen LogP contribution >= 0.6 is 0 Å². The number of benzene rings is 1. The zero-order chi connectivity index (χ0) is 13.9. The Morgan fingerprint density at radius 2 is 2.11 bits per heavy atom. The van der Waals surface area contributed by atoms with Crippen LogP contribution in [0, 0.1) is 0 Å². The van der Waals surface area contributed by atoms with E-state index in [0.29, 0.717) is 0 Å². The van der Waals surface area contributed by atoms with Crippen molar-refractivity contribution in [2.24, 2.45) is 0 Å². The van der Waals surface area contributed by atoms with Gasteiger partial charge >= 0.3 is 0 Å². The lowest BCUT2D eigenvalue weighted by Crippen LogP contribution is -2.30. The highest BCUT2D eigenvalue weighted by Gasteiger charge is 2.05. The second-order valence-electron chi connectivity index (χ2n) is 4.52. The third kappa shape index (κ3) is 6.41. The van der Waals surface area contributed by atoms with E-state index < -0.39 is 0 Å². The molecule has 19 heavy (non-hydrogen) atoms. The third-order valence-electron chi connectivity index (χ3n) is 2.73. The molecular formula is C16H25NO2. The first-order valence-corrected chi connectivity index (χ1v) is 6.86. The first kappa shape index (κ1) is 15.7. The lowest BCUT2D eigenvalue weighted by Gasteiger charge is -2.17. The number of nitrogens with one attached hydrogen (secondary N) is 1. The van der Waals surface area contributed by atoms with Gasteiger partial charge in [0.2, 0.25) is 0 Å². The molecule has 0 aromatic heterocycles. The molecule has 0 aliphatic heterocycles. The Labute approximate surface area is 116 Å². The van der Waals surface area contributed by atoms with Gasteiger partial charge in [-0.3, -0.25) is 0 Å². The molecule has 1 aromatic carbocycles. The van der Waals surface area contributed by atoms with E-state index in [-0.39, 0.29) is 6.10 Å². The van der Waals surface area contributed by atoms with E-state index in [1.807, 2.05) is 31.2 Å². The van der Waals surface area contributed by atoms with Gasteiger partial charge in [-0.2, -0.15) is 0 Å². The van der Waals surface area contributed by atoms with Gasteiger partial charge in [0, 0.05) is 25.8 Å². The second kappa shape index (κ2) is 9.59. The number of hydrogen-bond donors (Lipinski definition) is 1. The van der Waals surface area contributed by atoms with Crippen molar-refractivity contribution in [3.63, 3.8) is 0 Å². The number of para-hydroxylation sites is 1. The molecule has 0 heterocycles. The zero-order valence-electron chi connectivity index (χ0n) is 12.2. The monoisotopic (exact) mass is 263 g/mol. The Morgan fingerprint density at radius 1 is 1.32 bits per heavy atom. The lowest BCUT2D eigenvalue weighted by atomic mass is 10.2. The Hall–Kier alpha value is -1.32. The summed E-state index contributed by atoms with van der Waals surface area (Å²) in [6.07, 6.45) is 5.26. The predicted octanol–water partition coefficient (Wildman–Crippen LogP) is 3.11.